The van der Waals surface area contributed by atoms with Crippen LogP contribution in [0.15, 0.2) is 15.9 Å². The molecule has 2 aromatic rings. The molecule has 102 valence electrons. The number of hydrogen-bond donors (Lipinski definition) is 4. The first kappa shape index (κ1) is 14.3. The second kappa shape index (κ2) is 6.83. The average Bonchev–Trinajstić information content (AvgIpc) is 2.42. The number of aromatic nitrogens is 6. The summed E-state index contributed by atoms with van der Waals surface area (Å²) < 4.78 is 0. The van der Waals surface area contributed by atoms with Crippen LogP contribution in [0.2, 0.25) is 0 Å². The first-order valence-corrected chi connectivity index (χ1v) is 5.27. The SMILES string of the molecule is CNc1nc(=O)[nH]nc1C.CNc1ncnc(=O)[nH]1. The number of H-pyrrole nitrogens is 2. The standard InChI is InChI=1S/C5H8N4O.C4H6N4O/c1-3-4(6-2)7-5(10)9-8-3;1-5-3-6-2-7-4(9)8-3/h1-2H3,(H2,6,7,9,10);2H,1H3,(H2,5,6,7,8,9). The van der Waals surface area contributed by atoms with Gasteiger partial charge >= 0.3 is 11.4 Å². The molecule has 0 fully saturated rings. The Balaban J connectivity index is 0.000000191. The number of anilines is 2. The molecule has 0 saturated heterocycles. The lowest BCUT2D eigenvalue weighted by Gasteiger charge is -1.98. The van der Waals surface area contributed by atoms with Gasteiger partial charge in [0.1, 0.15) is 12.0 Å². The van der Waals surface area contributed by atoms with Crippen molar-refractivity contribution in [3.05, 3.63) is 33.0 Å². The molecule has 0 aromatic carbocycles. The number of aryl methyl sites for hydroxylation is 1. The lowest BCUT2D eigenvalue weighted by molar-refractivity contribution is 0.882. The molecule has 0 bridgehead atoms. The van der Waals surface area contributed by atoms with Gasteiger partial charge in [-0.15, -0.1) is 0 Å². The third kappa shape index (κ3) is 4.53. The smallest absolute Gasteiger partial charge is 0.363 e. The highest BCUT2D eigenvalue weighted by Gasteiger charge is 1.96. The average molecular weight is 266 g/mol. The topological polar surface area (TPSA) is 141 Å². The van der Waals surface area contributed by atoms with Crippen molar-refractivity contribution in [2.75, 3.05) is 24.7 Å². The minimum Gasteiger partial charge on any atom is -0.371 e. The Kier molecular flexibility index (Phi) is 5.14. The normalized spacial score (nSPS) is 9.21. The fourth-order valence-electron chi connectivity index (χ4n) is 1.06. The van der Waals surface area contributed by atoms with Gasteiger partial charge in [-0.3, -0.25) is 4.98 Å². The highest BCUT2D eigenvalue weighted by Crippen LogP contribution is 1.99. The number of hydrogen-bond acceptors (Lipinski definition) is 8. The van der Waals surface area contributed by atoms with Crippen molar-refractivity contribution in [1.82, 2.24) is 30.1 Å². The van der Waals surface area contributed by atoms with Gasteiger partial charge in [0.05, 0.1) is 0 Å². The van der Waals surface area contributed by atoms with Gasteiger partial charge in [0.2, 0.25) is 5.95 Å². The first-order chi connectivity index (χ1) is 9.06. The Morgan fingerprint density at radius 2 is 1.84 bits per heavy atom. The van der Waals surface area contributed by atoms with E-state index >= 15 is 0 Å². The maximum Gasteiger partial charge on any atom is 0.363 e. The maximum atomic E-state index is 10.5. The van der Waals surface area contributed by atoms with Crippen molar-refractivity contribution < 1.29 is 0 Å². The van der Waals surface area contributed by atoms with Crippen LogP contribution in [0.25, 0.3) is 0 Å². The van der Waals surface area contributed by atoms with Crippen LogP contribution in [0.1, 0.15) is 5.69 Å². The molecule has 0 aliphatic rings. The summed E-state index contributed by atoms with van der Waals surface area (Å²) in [5.74, 6) is 0.943. The molecule has 2 heterocycles. The van der Waals surface area contributed by atoms with Crippen LogP contribution in [-0.4, -0.2) is 44.2 Å². The predicted molar refractivity (Wildman–Crippen MR) is 69.1 cm³/mol. The zero-order valence-corrected chi connectivity index (χ0v) is 10.7. The number of nitrogens with zero attached hydrogens (tertiary/aromatic N) is 4. The van der Waals surface area contributed by atoms with Crippen LogP contribution >= 0.6 is 0 Å². The lowest BCUT2D eigenvalue weighted by atomic mass is 10.5. The molecule has 19 heavy (non-hydrogen) atoms. The third-order valence-electron chi connectivity index (χ3n) is 1.94. The van der Waals surface area contributed by atoms with Crippen LogP contribution in [0.4, 0.5) is 11.8 Å². The van der Waals surface area contributed by atoms with E-state index in [4.69, 9.17) is 0 Å². The summed E-state index contributed by atoms with van der Waals surface area (Å²) in [4.78, 5) is 33.9. The van der Waals surface area contributed by atoms with E-state index in [1.54, 1.807) is 21.0 Å². The second-order valence-corrected chi connectivity index (χ2v) is 3.23. The first-order valence-electron chi connectivity index (χ1n) is 5.27. The van der Waals surface area contributed by atoms with E-state index in [0.29, 0.717) is 17.5 Å². The van der Waals surface area contributed by atoms with Gasteiger partial charge in [-0.25, -0.2) is 19.7 Å². The van der Waals surface area contributed by atoms with E-state index in [1.165, 1.54) is 6.33 Å². The summed E-state index contributed by atoms with van der Waals surface area (Å²) >= 11 is 0. The summed E-state index contributed by atoms with van der Waals surface area (Å²) in [6.07, 6.45) is 1.20. The highest BCUT2D eigenvalue weighted by molar-refractivity contribution is 5.36. The molecule has 4 N–H and O–H groups in total. The molecule has 0 spiro atoms. The van der Waals surface area contributed by atoms with Crippen LogP contribution in [0, 0.1) is 6.92 Å². The molecule has 0 amide bonds. The van der Waals surface area contributed by atoms with Crippen LogP contribution in [0.3, 0.4) is 0 Å². The minimum atomic E-state index is -0.435. The summed E-state index contributed by atoms with van der Waals surface area (Å²) in [7, 11) is 3.36. The zero-order valence-electron chi connectivity index (χ0n) is 10.7. The summed E-state index contributed by atoms with van der Waals surface area (Å²) in [6.45, 7) is 1.76. The number of rotatable bonds is 2. The van der Waals surface area contributed by atoms with E-state index in [9.17, 15) is 9.59 Å². The van der Waals surface area contributed by atoms with Crippen LogP contribution < -0.4 is 22.0 Å². The van der Waals surface area contributed by atoms with Crippen molar-refractivity contribution in [2.45, 2.75) is 6.92 Å². The van der Waals surface area contributed by atoms with Gasteiger partial charge in [0, 0.05) is 14.1 Å². The molecule has 0 saturated carbocycles. The van der Waals surface area contributed by atoms with Crippen molar-refractivity contribution in [1.29, 1.82) is 0 Å². The molecule has 2 aromatic heterocycles. The highest BCUT2D eigenvalue weighted by atomic mass is 16.1. The molecule has 2 rings (SSSR count). The minimum absolute atomic E-state index is 0.394. The Morgan fingerprint density at radius 1 is 1.11 bits per heavy atom. The Labute approximate surface area is 107 Å². The summed E-state index contributed by atoms with van der Waals surface area (Å²) in [5, 5.41) is 11.3. The van der Waals surface area contributed by atoms with Crippen LogP contribution in [0.5, 0.6) is 0 Å². The maximum absolute atomic E-state index is 10.5. The zero-order chi connectivity index (χ0) is 14.3. The quantitative estimate of drug-likeness (QED) is 0.526. The van der Waals surface area contributed by atoms with E-state index in [1.807, 2.05) is 0 Å². The van der Waals surface area contributed by atoms with Crippen molar-refractivity contribution >= 4 is 11.8 Å². The van der Waals surface area contributed by atoms with E-state index in [-0.39, 0.29) is 0 Å². The van der Waals surface area contributed by atoms with E-state index in [2.05, 4.69) is 40.8 Å². The molecule has 10 nitrogen and oxygen atoms in total. The Hall–Kier alpha value is -2.78. The summed E-state index contributed by atoms with van der Waals surface area (Å²) in [5.41, 5.74) is -0.147. The van der Waals surface area contributed by atoms with Gasteiger partial charge in [-0.2, -0.15) is 15.1 Å². The largest absolute Gasteiger partial charge is 0.371 e. The monoisotopic (exact) mass is 266 g/mol. The van der Waals surface area contributed by atoms with Gasteiger partial charge in [-0.1, -0.05) is 0 Å². The summed E-state index contributed by atoms with van der Waals surface area (Å²) in [6, 6.07) is 0. The molecule has 0 aliphatic heterocycles. The van der Waals surface area contributed by atoms with Crippen molar-refractivity contribution in [3.63, 3.8) is 0 Å². The third-order valence-corrected chi connectivity index (χ3v) is 1.94. The molecule has 0 atom stereocenters. The van der Waals surface area contributed by atoms with Gasteiger partial charge in [0.25, 0.3) is 0 Å². The van der Waals surface area contributed by atoms with Crippen molar-refractivity contribution in [3.8, 4) is 0 Å². The molecular weight excluding hydrogens is 252 g/mol. The fraction of sp³-hybridized carbons (Fsp3) is 0.333. The predicted octanol–water partition coefficient (Wildman–Crippen LogP) is -1.28. The molecule has 0 aliphatic carbocycles. The van der Waals surface area contributed by atoms with Crippen LogP contribution in [-0.2, 0) is 0 Å². The lowest BCUT2D eigenvalue weighted by Crippen LogP contribution is -2.15. The Morgan fingerprint density at radius 3 is 2.32 bits per heavy atom. The van der Waals surface area contributed by atoms with E-state index < -0.39 is 11.4 Å². The molecular formula is C9H14N8O2. The van der Waals surface area contributed by atoms with Crippen molar-refractivity contribution in [2.24, 2.45) is 0 Å². The Bertz CT molecular complexity index is 634. The number of nitrogens with one attached hydrogen (secondary N) is 4. The molecule has 0 unspecified atom stereocenters. The van der Waals surface area contributed by atoms with E-state index in [0.717, 1.165) is 0 Å². The molecule has 10 heteroatoms. The number of aromatic amines is 2. The second-order valence-electron chi connectivity index (χ2n) is 3.23. The van der Waals surface area contributed by atoms with Gasteiger partial charge in [0.15, 0.2) is 5.82 Å². The van der Waals surface area contributed by atoms with Gasteiger partial charge in [-0.05, 0) is 6.92 Å². The van der Waals surface area contributed by atoms with Gasteiger partial charge < -0.3 is 10.6 Å². The molecule has 0 radical (unpaired) electrons. The fourth-order valence-corrected chi connectivity index (χ4v) is 1.06.